The van der Waals surface area contributed by atoms with Gasteiger partial charge in [0.25, 0.3) is 0 Å². The van der Waals surface area contributed by atoms with E-state index in [1.54, 1.807) is 13.8 Å². The summed E-state index contributed by atoms with van der Waals surface area (Å²) in [6.45, 7) is 3.16. The molecule has 0 aromatic carbocycles. The van der Waals surface area contributed by atoms with Crippen LogP contribution in [-0.4, -0.2) is 11.4 Å². The second-order valence-electron chi connectivity index (χ2n) is 2.40. The third-order valence-corrected chi connectivity index (χ3v) is 3.80. The molecule has 0 unspecified atom stereocenters. The first-order valence-electron chi connectivity index (χ1n) is 3.65. The normalized spacial score (nSPS) is 13.4. The highest BCUT2D eigenvalue weighted by atomic mass is 35.5. The number of rotatable bonds is 5. The van der Waals surface area contributed by atoms with Crippen molar-refractivity contribution in [2.75, 3.05) is 6.07 Å². The first kappa shape index (κ1) is 12.4. The lowest BCUT2D eigenvalue weighted by Gasteiger charge is -2.48. The molecule has 0 spiro atoms. The van der Waals surface area contributed by atoms with Gasteiger partial charge in [-0.3, -0.25) is 0 Å². The van der Waals surface area contributed by atoms with Crippen LogP contribution in [0.25, 0.3) is 0 Å². The topological polar surface area (TPSA) is 72.4 Å². The molecule has 0 atom stereocenters. The molecule has 6 heteroatoms. The van der Waals surface area contributed by atoms with Gasteiger partial charge in [-0.1, -0.05) is 25.4 Å². The van der Waals surface area contributed by atoms with Crippen molar-refractivity contribution in [3.05, 3.63) is 0 Å². The number of hydrogen-bond acceptors (Lipinski definition) is 4. The highest BCUT2D eigenvalue weighted by molar-refractivity contribution is 7.50. The molecule has 0 aromatic rings. The van der Waals surface area contributed by atoms with Gasteiger partial charge in [0.15, 0.2) is 0 Å². The highest BCUT2D eigenvalue weighted by Gasteiger charge is 2.30. The van der Waals surface area contributed by atoms with Gasteiger partial charge in [-0.25, -0.2) is 0 Å². The van der Waals surface area contributed by atoms with Gasteiger partial charge in [-0.15, -0.1) is 0 Å². The van der Waals surface area contributed by atoms with Crippen molar-refractivity contribution in [3.63, 3.8) is 0 Å². The molecule has 0 aliphatic carbocycles. The van der Waals surface area contributed by atoms with E-state index in [1.807, 2.05) is 0 Å². The van der Waals surface area contributed by atoms with E-state index in [4.69, 9.17) is 16.3 Å². The summed E-state index contributed by atoms with van der Waals surface area (Å²) in [5, 5.41) is -1.62. The maximum atomic E-state index is 10.8. The van der Waals surface area contributed by atoms with Crippen LogP contribution < -0.4 is 9.79 Å². The highest BCUT2D eigenvalue weighted by Crippen LogP contribution is 2.48. The van der Waals surface area contributed by atoms with Crippen molar-refractivity contribution in [1.82, 2.24) is 0 Å². The van der Waals surface area contributed by atoms with Crippen molar-refractivity contribution in [1.29, 1.82) is 0 Å². The molecule has 4 nitrogen and oxygen atoms in total. The molecule has 0 rings (SSSR count). The van der Waals surface area contributed by atoms with E-state index in [0.717, 1.165) is 0 Å². The molecule has 0 aromatic heterocycles. The van der Waals surface area contributed by atoms with Crippen LogP contribution in [0.5, 0.6) is 0 Å². The van der Waals surface area contributed by atoms with Crippen molar-refractivity contribution in [3.8, 4) is 0 Å². The Morgan fingerprint density at radius 1 is 1.42 bits per heavy atom. The lowest BCUT2D eigenvalue weighted by molar-refractivity contribution is -0.331. The number of ether oxygens (including phenoxy) is 1. The molecular weight excluding hydrogens is 202 g/mol. The molecule has 0 radical (unpaired) electrons. The number of halogens is 1. The molecule has 0 heterocycles. The van der Waals surface area contributed by atoms with E-state index in [9.17, 15) is 14.4 Å². The van der Waals surface area contributed by atoms with E-state index >= 15 is 0 Å². The van der Waals surface area contributed by atoms with E-state index < -0.39 is 12.9 Å². The largest absolute Gasteiger partial charge is 0.809 e. The average Bonchev–Trinajstić information content (AvgIpc) is 1.98. The van der Waals surface area contributed by atoms with Crippen molar-refractivity contribution in [2.24, 2.45) is 0 Å². The Labute approximate surface area is 77.0 Å². The fraction of sp³-hybridized carbons (Fsp3) is 1.00. The third-order valence-electron chi connectivity index (χ3n) is 1.93. The Balaban J connectivity index is 4.70. The van der Waals surface area contributed by atoms with Crippen LogP contribution in [0, 0.1) is 0 Å². The van der Waals surface area contributed by atoms with E-state index in [2.05, 4.69) is 0 Å². The second-order valence-corrected chi connectivity index (χ2v) is 4.43. The predicted octanol–water partition coefficient (Wildman–Crippen LogP) is 0.629. The first-order valence-corrected chi connectivity index (χ1v) is 5.73. The SMILES string of the molecule is CCC(CC)(OCCl)P(=O)([O-])[O-]. The Morgan fingerprint density at radius 2 is 1.83 bits per heavy atom. The van der Waals surface area contributed by atoms with Crippen LogP contribution in [0.2, 0.25) is 0 Å². The first-order chi connectivity index (χ1) is 5.43. The van der Waals surface area contributed by atoms with Gasteiger partial charge in [-0.2, -0.15) is 0 Å². The zero-order chi connectivity index (χ0) is 9.83. The number of hydrogen-bond donors (Lipinski definition) is 0. The summed E-state index contributed by atoms with van der Waals surface area (Å²) in [6, 6.07) is -0.282. The number of alkyl halides is 1. The van der Waals surface area contributed by atoms with Crippen LogP contribution in [0.15, 0.2) is 0 Å². The average molecular weight is 215 g/mol. The Bertz CT molecular complexity index is 174. The van der Waals surface area contributed by atoms with E-state index in [1.165, 1.54) is 0 Å². The van der Waals surface area contributed by atoms with Crippen LogP contribution in [-0.2, 0) is 9.30 Å². The summed E-state index contributed by atoms with van der Waals surface area (Å²) in [7, 11) is -4.73. The van der Waals surface area contributed by atoms with Gasteiger partial charge in [0.1, 0.15) is 6.07 Å². The van der Waals surface area contributed by atoms with Crippen LogP contribution in [0.1, 0.15) is 26.7 Å². The van der Waals surface area contributed by atoms with E-state index in [0.29, 0.717) is 0 Å². The fourth-order valence-electron chi connectivity index (χ4n) is 1.02. The van der Waals surface area contributed by atoms with Crippen molar-refractivity contribution in [2.45, 2.75) is 32.0 Å². The second kappa shape index (κ2) is 4.58. The lowest BCUT2D eigenvalue weighted by atomic mass is 10.2. The standard InChI is InChI=1S/C6H14ClO4P/c1-3-6(4-2,11-5-7)12(8,9)10/h3-5H2,1-2H3,(H2,8,9,10)/p-2. The third kappa shape index (κ3) is 2.44. The van der Waals surface area contributed by atoms with Gasteiger partial charge in [0.05, 0.1) is 5.34 Å². The summed E-state index contributed by atoms with van der Waals surface area (Å²) in [4.78, 5) is 21.6. The summed E-state index contributed by atoms with van der Waals surface area (Å²) in [5.41, 5.74) is 0. The van der Waals surface area contributed by atoms with Gasteiger partial charge in [0, 0.05) is 0 Å². The van der Waals surface area contributed by atoms with Crippen molar-refractivity contribution < 1.29 is 19.1 Å². The van der Waals surface area contributed by atoms with Gasteiger partial charge in [-0.05, 0) is 20.4 Å². The summed E-state index contributed by atoms with van der Waals surface area (Å²) >= 11 is 5.23. The van der Waals surface area contributed by atoms with Crippen LogP contribution in [0.3, 0.4) is 0 Å². The lowest BCUT2D eigenvalue weighted by Crippen LogP contribution is -2.40. The maximum absolute atomic E-state index is 10.8. The van der Waals surface area contributed by atoms with Crippen molar-refractivity contribution >= 4 is 19.2 Å². The minimum Gasteiger partial charge on any atom is -0.809 e. The molecule has 74 valence electrons. The molecule has 0 aliphatic heterocycles. The summed E-state index contributed by atoms with van der Waals surface area (Å²) in [5.74, 6) is 0. The fourth-order valence-corrected chi connectivity index (χ4v) is 2.30. The monoisotopic (exact) mass is 214 g/mol. The summed E-state index contributed by atoms with van der Waals surface area (Å²) in [6.07, 6.45) is 0.251. The molecule has 0 aliphatic rings. The Morgan fingerprint density at radius 3 is 1.92 bits per heavy atom. The minimum absolute atomic E-state index is 0.125. The molecule has 0 fully saturated rings. The zero-order valence-corrected chi connectivity index (χ0v) is 8.73. The maximum Gasteiger partial charge on any atom is 0.122 e. The van der Waals surface area contributed by atoms with Crippen LogP contribution >= 0.6 is 19.2 Å². The predicted molar refractivity (Wildman–Crippen MR) is 42.7 cm³/mol. The Kier molecular flexibility index (Phi) is 4.74. The van der Waals surface area contributed by atoms with E-state index in [-0.39, 0.29) is 18.9 Å². The van der Waals surface area contributed by atoms with Crippen LogP contribution in [0.4, 0.5) is 0 Å². The van der Waals surface area contributed by atoms with Gasteiger partial charge in [0.2, 0.25) is 0 Å². The summed E-state index contributed by atoms with van der Waals surface area (Å²) < 4.78 is 15.6. The zero-order valence-electron chi connectivity index (χ0n) is 7.08. The molecule has 0 N–H and O–H groups in total. The quantitative estimate of drug-likeness (QED) is 0.497. The molecular formula is C6H12ClO4P-2. The molecule has 0 amide bonds. The Hall–Kier alpha value is 0.400. The smallest absolute Gasteiger partial charge is 0.122 e. The van der Waals surface area contributed by atoms with Gasteiger partial charge >= 0.3 is 0 Å². The molecule has 0 saturated heterocycles. The molecule has 0 saturated carbocycles. The minimum atomic E-state index is -4.73. The van der Waals surface area contributed by atoms with Gasteiger partial charge < -0.3 is 19.1 Å². The molecule has 0 bridgehead atoms. The molecule has 12 heavy (non-hydrogen) atoms.